The number of hydrogen-bond acceptors (Lipinski definition) is 3. The number of rotatable bonds is 5. The predicted molar refractivity (Wildman–Crippen MR) is 89.5 cm³/mol. The van der Waals surface area contributed by atoms with Crippen LogP contribution in [0.25, 0.3) is 0 Å². The van der Waals surface area contributed by atoms with Gasteiger partial charge in [-0.3, -0.25) is 4.99 Å². The van der Waals surface area contributed by atoms with Crippen LogP contribution in [-0.4, -0.2) is 48.3 Å². The van der Waals surface area contributed by atoms with Crippen LogP contribution in [0.5, 0.6) is 5.75 Å². The molecular weight excluding hydrogens is 335 g/mol. The molecule has 1 atom stereocenters. The van der Waals surface area contributed by atoms with Crippen molar-refractivity contribution in [3.63, 3.8) is 0 Å². The standard InChI is InChI=1S/C17H24F3N3O2/c18-17(19,20)13-5-7-15(8-6-13)25-12-14(24)11-22-16(21)23-9-3-1-2-4-10-23/h5-8,14,24H,1-4,9-12H2,(H2,21,22). The average molecular weight is 359 g/mol. The Morgan fingerprint density at radius 1 is 1.16 bits per heavy atom. The zero-order valence-electron chi connectivity index (χ0n) is 14.0. The second-order valence-corrected chi connectivity index (χ2v) is 6.09. The zero-order valence-corrected chi connectivity index (χ0v) is 14.0. The lowest BCUT2D eigenvalue weighted by Crippen LogP contribution is -2.38. The number of nitrogens with two attached hydrogens (primary N) is 1. The number of aliphatic hydroxyl groups excluding tert-OH is 1. The van der Waals surface area contributed by atoms with Gasteiger partial charge in [0.1, 0.15) is 18.5 Å². The lowest BCUT2D eigenvalue weighted by Gasteiger charge is -2.21. The molecule has 1 aliphatic rings. The van der Waals surface area contributed by atoms with Gasteiger partial charge in [-0.05, 0) is 37.1 Å². The topological polar surface area (TPSA) is 71.1 Å². The molecule has 0 bridgehead atoms. The second kappa shape index (κ2) is 8.94. The predicted octanol–water partition coefficient (Wildman–Crippen LogP) is 2.64. The van der Waals surface area contributed by atoms with Gasteiger partial charge in [-0.15, -0.1) is 0 Å². The molecule has 1 unspecified atom stereocenters. The summed E-state index contributed by atoms with van der Waals surface area (Å²) in [4.78, 5) is 6.20. The quantitative estimate of drug-likeness (QED) is 0.626. The molecule has 2 rings (SSSR count). The first-order chi connectivity index (χ1) is 11.9. The maximum atomic E-state index is 12.5. The highest BCUT2D eigenvalue weighted by atomic mass is 19.4. The summed E-state index contributed by atoms with van der Waals surface area (Å²) >= 11 is 0. The third-order valence-electron chi connectivity index (χ3n) is 4.02. The smallest absolute Gasteiger partial charge is 0.416 e. The van der Waals surface area contributed by atoms with E-state index in [1.54, 1.807) is 0 Å². The van der Waals surface area contributed by atoms with Crippen molar-refractivity contribution in [3.05, 3.63) is 29.8 Å². The summed E-state index contributed by atoms with van der Waals surface area (Å²) < 4.78 is 42.7. The van der Waals surface area contributed by atoms with Crippen molar-refractivity contribution < 1.29 is 23.0 Å². The Kier molecular flexibility index (Phi) is 6.92. The van der Waals surface area contributed by atoms with E-state index in [2.05, 4.69) is 4.99 Å². The summed E-state index contributed by atoms with van der Waals surface area (Å²) in [5.74, 6) is 0.673. The summed E-state index contributed by atoms with van der Waals surface area (Å²) in [6, 6.07) is 4.34. The van der Waals surface area contributed by atoms with Crippen LogP contribution in [0.1, 0.15) is 31.2 Å². The molecule has 25 heavy (non-hydrogen) atoms. The van der Waals surface area contributed by atoms with Gasteiger partial charge in [0.15, 0.2) is 5.96 Å². The largest absolute Gasteiger partial charge is 0.491 e. The molecule has 1 aromatic carbocycles. The summed E-state index contributed by atoms with van der Waals surface area (Å²) in [5.41, 5.74) is 5.21. The van der Waals surface area contributed by atoms with Crippen LogP contribution in [-0.2, 0) is 6.18 Å². The Bertz CT molecular complexity index is 553. The fraction of sp³-hybridized carbons (Fsp3) is 0.588. The highest BCUT2D eigenvalue weighted by Gasteiger charge is 2.30. The highest BCUT2D eigenvalue weighted by Crippen LogP contribution is 2.30. The molecule has 1 aliphatic heterocycles. The first-order valence-electron chi connectivity index (χ1n) is 8.39. The minimum Gasteiger partial charge on any atom is -0.491 e. The number of likely N-dealkylation sites (tertiary alicyclic amines) is 1. The molecule has 8 heteroatoms. The highest BCUT2D eigenvalue weighted by molar-refractivity contribution is 5.78. The number of aliphatic hydroxyl groups is 1. The maximum Gasteiger partial charge on any atom is 0.416 e. The molecule has 0 aliphatic carbocycles. The molecule has 1 heterocycles. The third-order valence-corrected chi connectivity index (χ3v) is 4.02. The van der Waals surface area contributed by atoms with E-state index in [1.807, 2.05) is 4.90 Å². The number of aliphatic imine (C=N–C) groups is 1. The Morgan fingerprint density at radius 2 is 1.76 bits per heavy atom. The van der Waals surface area contributed by atoms with Crippen molar-refractivity contribution in [1.82, 2.24) is 4.90 Å². The number of ether oxygens (including phenoxy) is 1. The third kappa shape index (κ3) is 6.45. The number of alkyl halides is 3. The first-order valence-corrected chi connectivity index (χ1v) is 8.39. The van der Waals surface area contributed by atoms with Crippen LogP contribution in [0.2, 0.25) is 0 Å². The normalized spacial score (nSPS) is 17.9. The monoisotopic (exact) mass is 359 g/mol. The Morgan fingerprint density at radius 3 is 2.32 bits per heavy atom. The van der Waals surface area contributed by atoms with Crippen molar-refractivity contribution in [2.45, 2.75) is 38.0 Å². The molecule has 3 N–H and O–H groups in total. The SMILES string of the molecule is NC(=NCC(O)COc1ccc(C(F)(F)F)cc1)N1CCCCCC1. The van der Waals surface area contributed by atoms with Gasteiger partial charge in [-0.25, -0.2) is 0 Å². The lowest BCUT2D eigenvalue weighted by atomic mass is 10.2. The van der Waals surface area contributed by atoms with Crippen molar-refractivity contribution in [2.24, 2.45) is 10.7 Å². The molecule has 0 spiro atoms. The summed E-state index contributed by atoms with van der Waals surface area (Å²) in [6.45, 7) is 1.76. The number of halogens is 3. The van der Waals surface area contributed by atoms with Crippen molar-refractivity contribution in [2.75, 3.05) is 26.2 Å². The van der Waals surface area contributed by atoms with Gasteiger partial charge in [0.05, 0.1) is 12.1 Å². The minimum absolute atomic E-state index is 0.0673. The molecular formula is C17H24F3N3O2. The van der Waals surface area contributed by atoms with Gasteiger partial charge in [0.25, 0.3) is 0 Å². The van der Waals surface area contributed by atoms with Gasteiger partial charge in [-0.2, -0.15) is 13.2 Å². The number of nitrogens with zero attached hydrogens (tertiary/aromatic N) is 2. The van der Waals surface area contributed by atoms with Crippen LogP contribution < -0.4 is 10.5 Å². The van der Waals surface area contributed by atoms with Crippen molar-refractivity contribution in [1.29, 1.82) is 0 Å². The zero-order chi connectivity index (χ0) is 18.3. The van der Waals surface area contributed by atoms with E-state index in [0.717, 1.165) is 38.1 Å². The number of guanidine groups is 1. The molecule has 1 fully saturated rings. The minimum atomic E-state index is -4.38. The van der Waals surface area contributed by atoms with E-state index >= 15 is 0 Å². The average Bonchev–Trinajstić information content (AvgIpc) is 2.87. The van der Waals surface area contributed by atoms with E-state index in [0.29, 0.717) is 5.96 Å². The molecule has 0 amide bonds. The fourth-order valence-electron chi connectivity index (χ4n) is 2.58. The Balaban J connectivity index is 1.78. The van der Waals surface area contributed by atoms with E-state index in [9.17, 15) is 18.3 Å². The number of hydrogen-bond donors (Lipinski definition) is 2. The molecule has 1 aromatic rings. The summed E-state index contributed by atoms with van der Waals surface area (Å²) in [5, 5.41) is 9.91. The van der Waals surface area contributed by atoms with Crippen LogP contribution in [0.15, 0.2) is 29.3 Å². The van der Waals surface area contributed by atoms with E-state index in [4.69, 9.17) is 10.5 Å². The van der Waals surface area contributed by atoms with Gasteiger partial charge < -0.3 is 20.5 Å². The van der Waals surface area contributed by atoms with Crippen LogP contribution in [0.4, 0.5) is 13.2 Å². The number of benzene rings is 1. The van der Waals surface area contributed by atoms with E-state index in [1.165, 1.54) is 25.0 Å². The van der Waals surface area contributed by atoms with Crippen molar-refractivity contribution >= 4 is 5.96 Å². The van der Waals surface area contributed by atoms with Gasteiger partial charge in [-0.1, -0.05) is 12.8 Å². The molecule has 5 nitrogen and oxygen atoms in total. The second-order valence-electron chi connectivity index (χ2n) is 6.09. The van der Waals surface area contributed by atoms with E-state index < -0.39 is 17.8 Å². The molecule has 0 aromatic heterocycles. The lowest BCUT2D eigenvalue weighted by molar-refractivity contribution is -0.137. The summed E-state index contributed by atoms with van der Waals surface area (Å²) in [6.07, 6.45) is -0.725. The van der Waals surface area contributed by atoms with Gasteiger partial charge in [0, 0.05) is 13.1 Å². The Hall–Kier alpha value is -1.96. The van der Waals surface area contributed by atoms with Gasteiger partial charge in [0.2, 0.25) is 0 Å². The maximum absolute atomic E-state index is 12.5. The first kappa shape index (κ1) is 19.4. The van der Waals surface area contributed by atoms with Crippen molar-refractivity contribution in [3.8, 4) is 5.75 Å². The van der Waals surface area contributed by atoms with Gasteiger partial charge >= 0.3 is 6.18 Å². The molecule has 1 saturated heterocycles. The van der Waals surface area contributed by atoms with E-state index in [-0.39, 0.29) is 18.9 Å². The summed E-state index contributed by atoms with van der Waals surface area (Å²) in [7, 11) is 0. The van der Waals surface area contributed by atoms with Crippen LogP contribution in [0.3, 0.4) is 0 Å². The molecule has 140 valence electrons. The fourth-order valence-corrected chi connectivity index (χ4v) is 2.58. The molecule has 0 radical (unpaired) electrons. The molecule has 0 saturated carbocycles. The Labute approximate surface area is 145 Å². The van der Waals surface area contributed by atoms with Crippen LogP contribution in [0, 0.1) is 0 Å². The van der Waals surface area contributed by atoms with Crippen LogP contribution >= 0.6 is 0 Å².